The van der Waals surface area contributed by atoms with E-state index in [2.05, 4.69) is 19.9 Å². The van der Waals surface area contributed by atoms with Gasteiger partial charge in [-0.05, 0) is 6.92 Å². The lowest BCUT2D eigenvalue weighted by Crippen LogP contribution is -2.15. The van der Waals surface area contributed by atoms with Gasteiger partial charge in [0, 0.05) is 13.0 Å². The molecule has 0 fully saturated rings. The van der Waals surface area contributed by atoms with E-state index in [1.165, 1.54) is 0 Å². The summed E-state index contributed by atoms with van der Waals surface area (Å²) in [5.74, 6) is 0.569. The highest BCUT2D eigenvalue weighted by atomic mass is 16.4. The van der Waals surface area contributed by atoms with Gasteiger partial charge in [-0.25, -0.2) is 0 Å². The normalized spacial score (nSPS) is 35.8. The maximum Gasteiger partial charge on any atom is 0.308 e. The third-order valence-electron chi connectivity index (χ3n) is 1.53. The van der Waals surface area contributed by atoms with Gasteiger partial charge in [0.1, 0.15) is 0 Å². The second-order valence-electron chi connectivity index (χ2n) is 2.22. The third kappa shape index (κ3) is 0.971. The fraction of sp³-hybridized carbons (Fsp3) is 0.571. The van der Waals surface area contributed by atoms with Gasteiger partial charge in [0.2, 0.25) is 0 Å². The summed E-state index contributed by atoms with van der Waals surface area (Å²) in [7, 11) is 0. The van der Waals surface area contributed by atoms with Gasteiger partial charge in [-0.1, -0.05) is 6.08 Å². The van der Waals surface area contributed by atoms with E-state index in [1.54, 1.807) is 6.29 Å². The van der Waals surface area contributed by atoms with Crippen LogP contribution in [-0.4, -0.2) is 12.4 Å². The fourth-order valence-electron chi connectivity index (χ4n) is 0.670. The first-order valence-electron chi connectivity index (χ1n) is 2.96. The van der Waals surface area contributed by atoms with E-state index in [1.807, 2.05) is 6.08 Å². The number of aldehydes is 1. The topological polar surface area (TPSA) is 11.3 Å². The van der Waals surface area contributed by atoms with E-state index in [9.17, 15) is 0 Å². The molecule has 1 aliphatic rings. The van der Waals surface area contributed by atoms with Crippen molar-refractivity contribution in [2.45, 2.75) is 20.0 Å². The summed E-state index contributed by atoms with van der Waals surface area (Å²) in [5, 5.41) is 0. The van der Waals surface area contributed by atoms with Gasteiger partial charge in [-0.2, -0.15) is 0 Å². The van der Waals surface area contributed by atoms with Gasteiger partial charge in [0.05, 0.1) is 5.92 Å². The van der Waals surface area contributed by atoms with Crippen LogP contribution in [0.3, 0.4) is 0 Å². The lowest BCUT2D eigenvalue weighted by Gasteiger charge is -2.02. The van der Waals surface area contributed by atoms with E-state index >= 15 is 0 Å². The average Bonchev–Trinajstić information content (AvgIpc) is 1.77. The minimum Gasteiger partial charge on any atom is -0.259 e. The highest BCUT2D eigenvalue weighted by Crippen LogP contribution is 2.06. The Labute approximate surface area is 49.7 Å². The fourth-order valence-corrected chi connectivity index (χ4v) is 0.670. The zero-order chi connectivity index (χ0) is 5.98. The van der Waals surface area contributed by atoms with Gasteiger partial charge >= 0.3 is 6.29 Å². The molecule has 0 aromatic heterocycles. The average molecular weight is 111 g/mol. The van der Waals surface area contributed by atoms with Crippen molar-refractivity contribution in [3.8, 4) is 0 Å². The molecule has 2 unspecified atom stereocenters. The Hall–Kier alpha value is -0.590. The van der Waals surface area contributed by atoms with Gasteiger partial charge < -0.3 is 0 Å². The molecule has 0 radical (unpaired) electrons. The van der Waals surface area contributed by atoms with E-state index < -0.39 is 0 Å². The van der Waals surface area contributed by atoms with E-state index in [4.69, 9.17) is 4.42 Å². The van der Waals surface area contributed by atoms with Crippen LogP contribution in [0.2, 0.25) is 0 Å². The number of rotatable bonds is 0. The molecule has 1 rings (SSSR count). The molecule has 2 atom stereocenters. The number of hydrogen-bond acceptors (Lipinski definition) is 0. The van der Waals surface area contributed by atoms with Gasteiger partial charge in [-0.3, -0.25) is 4.42 Å². The zero-order valence-corrected chi connectivity index (χ0v) is 5.29. The molecule has 1 aliphatic heterocycles. The molecule has 1 nitrogen and oxygen atoms in total. The minimum absolute atomic E-state index is 0.361. The van der Waals surface area contributed by atoms with Gasteiger partial charge in [0.25, 0.3) is 6.10 Å². The molecule has 0 bridgehead atoms. The summed E-state index contributed by atoms with van der Waals surface area (Å²) in [6.07, 6.45) is 6.20. The van der Waals surface area contributed by atoms with E-state index in [0.29, 0.717) is 12.0 Å². The lowest BCUT2D eigenvalue weighted by molar-refractivity contribution is -0.501. The maximum absolute atomic E-state index is 5.18. The molecule has 1 heterocycles. The van der Waals surface area contributed by atoms with Crippen LogP contribution in [0.1, 0.15) is 13.8 Å². The van der Waals surface area contributed by atoms with Crippen molar-refractivity contribution in [1.29, 1.82) is 0 Å². The first-order valence-corrected chi connectivity index (χ1v) is 2.96. The zero-order valence-electron chi connectivity index (χ0n) is 5.29. The van der Waals surface area contributed by atoms with Crippen molar-refractivity contribution in [2.75, 3.05) is 0 Å². The summed E-state index contributed by atoms with van der Waals surface area (Å²) in [6.45, 7) is 4.22. The Morgan fingerprint density at radius 1 is 1.38 bits per heavy atom. The SMILES string of the molecule is CC1C=CC=[O+]C1C. The maximum atomic E-state index is 5.18. The highest BCUT2D eigenvalue weighted by Gasteiger charge is 2.18. The second-order valence-corrected chi connectivity index (χ2v) is 2.22. The molecule has 0 saturated heterocycles. The molecular weight excluding hydrogens is 100 g/mol. The summed E-state index contributed by atoms with van der Waals surface area (Å²) in [4.78, 5) is 0. The monoisotopic (exact) mass is 111 g/mol. The predicted octanol–water partition coefficient (Wildman–Crippen LogP) is 1.32. The van der Waals surface area contributed by atoms with Gasteiger partial charge in [0.15, 0.2) is 0 Å². The highest BCUT2D eigenvalue weighted by molar-refractivity contribution is 5.65. The van der Waals surface area contributed by atoms with Crippen molar-refractivity contribution in [2.24, 2.45) is 5.92 Å². The predicted molar refractivity (Wildman–Crippen MR) is 33.8 cm³/mol. The largest absolute Gasteiger partial charge is 0.308 e. The van der Waals surface area contributed by atoms with Crippen molar-refractivity contribution >= 4 is 6.29 Å². The molecule has 0 saturated carbocycles. The van der Waals surface area contributed by atoms with Crippen molar-refractivity contribution in [3.63, 3.8) is 0 Å². The standard InChI is InChI=1S/C7H11O/c1-6-4-3-5-8-7(6)2/h3-7H,1-2H3/q+1. The van der Waals surface area contributed by atoms with Crippen LogP contribution in [0.4, 0.5) is 0 Å². The molecule has 0 N–H and O–H groups in total. The van der Waals surface area contributed by atoms with Crippen LogP contribution >= 0.6 is 0 Å². The van der Waals surface area contributed by atoms with E-state index in [0.717, 1.165) is 0 Å². The Bertz CT molecular complexity index is 108. The lowest BCUT2D eigenvalue weighted by atomic mass is 10.1. The van der Waals surface area contributed by atoms with Crippen molar-refractivity contribution in [3.05, 3.63) is 12.2 Å². The minimum atomic E-state index is 0.361. The summed E-state index contributed by atoms with van der Waals surface area (Å²) in [6, 6.07) is 0. The quantitative estimate of drug-likeness (QED) is 0.330. The summed E-state index contributed by atoms with van der Waals surface area (Å²) in [5.41, 5.74) is 0. The molecule has 0 aromatic carbocycles. The van der Waals surface area contributed by atoms with Crippen LogP contribution in [0, 0.1) is 5.92 Å². The van der Waals surface area contributed by atoms with Gasteiger partial charge in [-0.15, -0.1) is 0 Å². The number of allylic oxidation sites excluding steroid dienone is 1. The Morgan fingerprint density at radius 3 is 2.50 bits per heavy atom. The van der Waals surface area contributed by atoms with Crippen LogP contribution < -0.4 is 0 Å². The summed E-state index contributed by atoms with van der Waals surface area (Å²) < 4.78 is 5.18. The molecule has 44 valence electrons. The van der Waals surface area contributed by atoms with Crippen molar-refractivity contribution < 1.29 is 4.42 Å². The smallest absolute Gasteiger partial charge is 0.259 e. The first kappa shape index (κ1) is 5.54. The van der Waals surface area contributed by atoms with Crippen LogP contribution in [0.5, 0.6) is 0 Å². The molecule has 1 heteroatoms. The van der Waals surface area contributed by atoms with Crippen LogP contribution in [0.25, 0.3) is 0 Å². The number of hydrogen-bond donors (Lipinski definition) is 0. The molecular formula is C7H11O+. The Balaban J connectivity index is 2.59. The molecule has 8 heavy (non-hydrogen) atoms. The Morgan fingerprint density at radius 2 is 2.12 bits per heavy atom. The molecule has 0 amide bonds. The molecule has 0 aliphatic carbocycles. The van der Waals surface area contributed by atoms with Crippen molar-refractivity contribution in [1.82, 2.24) is 0 Å². The molecule has 0 spiro atoms. The van der Waals surface area contributed by atoms with E-state index in [-0.39, 0.29) is 0 Å². The van der Waals surface area contributed by atoms with Crippen LogP contribution in [0.15, 0.2) is 12.2 Å². The molecule has 0 aromatic rings. The summed E-state index contributed by atoms with van der Waals surface area (Å²) >= 11 is 0. The Kier molecular flexibility index (Phi) is 1.47. The first-order chi connectivity index (χ1) is 3.80. The second kappa shape index (κ2) is 2.12. The third-order valence-corrected chi connectivity index (χ3v) is 1.53. The number of carbonyl (C=O) groups excluding carboxylic acids is 1. The van der Waals surface area contributed by atoms with Crippen LogP contribution in [-0.2, 0) is 4.42 Å².